The Balaban J connectivity index is 1.47. The molecule has 0 spiro atoms. The summed E-state index contributed by atoms with van der Waals surface area (Å²) in [6.07, 6.45) is -3.16. The number of nitrogens with one attached hydrogen (secondary N) is 1. The molecule has 1 N–H and O–H groups in total. The molecule has 2 heterocycles. The van der Waals surface area contributed by atoms with Crippen molar-refractivity contribution in [2.45, 2.75) is 24.0 Å². The van der Waals surface area contributed by atoms with Gasteiger partial charge in [0, 0.05) is 23.7 Å². The predicted molar refractivity (Wildman–Crippen MR) is 123 cm³/mol. The average Bonchev–Trinajstić information content (AvgIpc) is 3.28. The minimum Gasteiger partial charge on any atom is -0.347 e. The quantitative estimate of drug-likeness (QED) is 0.470. The van der Waals surface area contributed by atoms with Crippen LogP contribution < -0.4 is 5.32 Å². The smallest absolute Gasteiger partial charge is 0.347 e. The number of hydrogen-bond donors (Lipinski definition) is 1. The van der Waals surface area contributed by atoms with E-state index in [9.17, 15) is 30.8 Å². The third kappa shape index (κ3) is 5.61. The Labute approximate surface area is 209 Å². The van der Waals surface area contributed by atoms with E-state index in [1.54, 1.807) is 12.1 Å². The van der Waals surface area contributed by atoms with E-state index in [1.165, 1.54) is 18.2 Å². The number of carbonyl (C=O) groups excluding carboxylic acids is 1. The van der Waals surface area contributed by atoms with Gasteiger partial charge in [-0.15, -0.1) is 0 Å². The number of amides is 1. The minimum absolute atomic E-state index is 0.0115. The molecule has 0 bridgehead atoms. The Morgan fingerprint density at radius 2 is 1.83 bits per heavy atom. The molecule has 0 saturated heterocycles. The number of hydrogen-bond acceptors (Lipinski definition) is 4. The van der Waals surface area contributed by atoms with Gasteiger partial charge in [0.05, 0.1) is 22.8 Å². The number of sulfonamides is 1. The molecule has 1 amide bonds. The summed E-state index contributed by atoms with van der Waals surface area (Å²) < 4.78 is 80.6. The van der Waals surface area contributed by atoms with Crippen LogP contribution in [0.1, 0.15) is 17.8 Å². The number of rotatable bonds is 6. The maximum absolute atomic E-state index is 13.3. The maximum atomic E-state index is 13.3. The molecular weight excluding hydrogens is 524 g/mol. The lowest BCUT2D eigenvalue weighted by Gasteiger charge is -2.25. The highest BCUT2D eigenvalue weighted by Gasteiger charge is 2.35. The molecule has 1 aromatic heterocycles. The molecule has 2 aromatic carbocycles. The molecule has 0 unspecified atom stereocenters. The van der Waals surface area contributed by atoms with E-state index < -0.39 is 33.6 Å². The van der Waals surface area contributed by atoms with Crippen molar-refractivity contribution in [3.05, 3.63) is 88.5 Å². The average molecular weight is 543 g/mol. The number of alkyl halides is 3. The zero-order valence-corrected chi connectivity index (χ0v) is 20.0. The molecule has 0 saturated carbocycles. The van der Waals surface area contributed by atoms with Crippen LogP contribution in [0.5, 0.6) is 0 Å². The normalized spacial score (nSPS) is 15.0. The molecule has 36 heavy (non-hydrogen) atoms. The SMILES string of the molecule is O=C(NCc1cc(C(F)(F)F)nn1-c1cccc(Cl)c1)C1=CCN(S(=O)(=O)c2ccc(F)cc2)CC1. The molecule has 190 valence electrons. The van der Waals surface area contributed by atoms with E-state index in [1.807, 2.05) is 0 Å². The highest BCUT2D eigenvalue weighted by Crippen LogP contribution is 2.30. The summed E-state index contributed by atoms with van der Waals surface area (Å²) in [5.74, 6) is -1.10. The molecule has 0 radical (unpaired) electrons. The van der Waals surface area contributed by atoms with Crippen LogP contribution in [0.3, 0.4) is 0 Å². The number of aromatic nitrogens is 2. The third-order valence-electron chi connectivity index (χ3n) is 5.47. The van der Waals surface area contributed by atoms with Gasteiger partial charge in [-0.1, -0.05) is 23.7 Å². The first kappa shape index (κ1) is 25.9. The summed E-state index contributed by atoms with van der Waals surface area (Å²) in [5.41, 5.74) is -0.452. The number of nitrogens with zero attached hydrogens (tertiary/aromatic N) is 3. The zero-order valence-electron chi connectivity index (χ0n) is 18.5. The van der Waals surface area contributed by atoms with E-state index in [-0.39, 0.29) is 36.6 Å². The lowest BCUT2D eigenvalue weighted by Crippen LogP contribution is -2.37. The van der Waals surface area contributed by atoms with Gasteiger partial charge >= 0.3 is 6.18 Å². The van der Waals surface area contributed by atoms with Crippen molar-refractivity contribution in [2.75, 3.05) is 13.1 Å². The third-order valence-corrected chi connectivity index (χ3v) is 7.59. The van der Waals surface area contributed by atoms with Crippen molar-refractivity contribution in [1.82, 2.24) is 19.4 Å². The van der Waals surface area contributed by atoms with Gasteiger partial charge in [-0.3, -0.25) is 4.79 Å². The topological polar surface area (TPSA) is 84.3 Å². The summed E-state index contributed by atoms with van der Waals surface area (Å²) in [6, 6.07) is 11.4. The second kappa shape index (κ2) is 10.0. The van der Waals surface area contributed by atoms with Gasteiger partial charge < -0.3 is 5.32 Å². The van der Waals surface area contributed by atoms with Gasteiger partial charge in [-0.2, -0.15) is 22.6 Å². The van der Waals surface area contributed by atoms with Crippen LogP contribution in [0.4, 0.5) is 17.6 Å². The van der Waals surface area contributed by atoms with Gasteiger partial charge in [-0.25, -0.2) is 17.5 Å². The molecule has 3 aromatic rings. The molecule has 4 rings (SSSR count). The second-order valence-electron chi connectivity index (χ2n) is 7.89. The lowest BCUT2D eigenvalue weighted by molar-refractivity contribution is -0.141. The van der Waals surface area contributed by atoms with Crippen LogP contribution in [0.15, 0.2) is 71.1 Å². The fourth-order valence-corrected chi connectivity index (χ4v) is 5.20. The first-order chi connectivity index (χ1) is 16.9. The van der Waals surface area contributed by atoms with Gasteiger partial charge in [0.15, 0.2) is 5.69 Å². The number of halogens is 5. The van der Waals surface area contributed by atoms with Crippen LogP contribution in [0.25, 0.3) is 5.69 Å². The largest absolute Gasteiger partial charge is 0.435 e. The summed E-state index contributed by atoms with van der Waals surface area (Å²) >= 11 is 5.96. The second-order valence-corrected chi connectivity index (χ2v) is 10.3. The number of carbonyl (C=O) groups is 1. The first-order valence-corrected chi connectivity index (χ1v) is 12.4. The lowest BCUT2D eigenvalue weighted by atomic mass is 10.1. The van der Waals surface area contributed by atoms with Crippen LogP contribution in [-0.4, -0.2) is 41.5 Å². The van der Waals surface area contributed by atoms with E-state index in [0.29, 0.717) is 16.3 Å². The zero-order chi connectivity index (χ0) is 26.1. The monoisotopic (exact) mass is 542 g/mol. The molecular formula is C23H19ClF4N4O3S. The Morgan fingerprint density at radius 3 is 2.44 bits per heavy atom. The molecule has 0 aliphatic carbocycles. The number of benzene rings is 2. The molecule has 1 aliphatic heterocycles. The van der Waals surface area contributed by atoms with Crippen molar-refractivity contribution in [3.63, 3.8) is 0 Å². The van der Waals surface area contributed by atoms with Gasteiger partial charge in [0.2, 0.25) is 15.9 Å². The molecule has 13 heteroatoms. The summed E-state index contributed by atoms with van der Waals surface area (Å²) in [5, 5.41) is 6.50. The summed E-state index contributed by atoms with van der Waals surface area (Å²) in [4.78, 5) is 12.6. The van der Waals surface area contributed by atoms with Crippen LogP contribution in [0.2, 0.25) is 5.02 Å². The van der Waals surface area contributed by atoms with E-state index >= 15 is 0 Å². The molecule has 0 fully saturated rings. The Hall–Kier alpha value is -3.22. The maximum Gasteiger partial charge on any atom is 0.435 e. The van der Waals surface area contributed by atoms with Crippen LogP contribution in [-0.2, 0) is 27.5 Å². The van der Waals surface area contributed by atoms with E-state index in [0.717, 1.165) is 39.3 Å². The van der Waals surface area contributed by atoms with Crippen molar-refractivity contribution in [2.24, 2.45) is 0 Å². The summed E-state index contributed by atoms with van der Waals surface area (Å²) in [6.45, 7) is -0.331. The first-order valence-electron chi connectivity index (χ1n) is 10.6. The fourth-order valence-electron chi connectivity index (χ4n) is 3.63. The van der Waals surface area contributed by atoms with Crippen LogP contribution in [0, 0.1) is 5.82 Å². The van der Waals surface area contributed by atoms with E-state index in [2.05, 4.69) is 10.4 Å². The Morgan fingerprint density at radius 1 is 1.11 bits per heavy atom. The minimum atomic E-state index is -4.69. The van der Waals surface area contributed by atoms with Crippen molar-refractivity contribution in [1.29, 1.82) is 0 Å². The molecule has 7 nitrogen and oxygen atoms in total. The van der Waals surface area contributed by atoms with Crippen molar-refractivity contribution < 1.29 is 30.8 Å². The highest BCUT2D eigenvalue weighted by molar-refractivity contribution is 7.89. The van der Waals surface area contributed by atoms with E-state index in [4.69, 9.17) is 11.6 Å². The van der Waals surface area contributed by atoms with Gasteiger partial charge in [0.25, 0.3) is 0 Å². The molecule has 0 atom stereocenters. The van der Waals surface area contributed by atoms with Crippen LogP contribution >= 0.6 is 11.6 Å². The predicted octanol–water partition coefficient (Wildman–Crippen LogP) is 4.32. The van der Waals surface area contributed by atoms with Gasteiger partial charge in [-0.05, 0) is 55.0 Å². The van der Waals surface area contributed by atoms with Crippen molar-refractivity contribution in [3.8, 4) is 5.69 Å². The van der Waals surface area contributed by atoms with Gasteiger partial charge in [0.1, 0.15) is 5.82 Å². The highest BCUT2D eigenvalue weighted by atomic mass is 35.5. The van der Waals surface area contributed by atoms with Crippen molar-refractivity contribution >= 4 is 27.5 Å². The Kier molecular flexibility index (Phi) is 7.21. The summed E-state index contributed by atoms with van der Waals surface area (Å²) in [7, 11) is -3.87. The standard InChI is InChI=1S/C23H19ClF4N4O3S/c24-16-2-1-3-18(12-16)32-19(13-21(30-32)23(26,27)28)14-29-22(33)15-8-10-31(11-9-15)36(34,35)20-6-4-17(25)5-7-20/h1-8,12-13H,9-11,14H2,(H,29,33). The molecule has 1 aliphatic rings. The fraction of sp³-hybridized carbons (Fsp3) is 0.217. The Bertz CT molecular complexity index is 1420.